The third-order valence-corrected chi connectivity index (χ3v) is 4.98. The van der Waals surface area contributed by atoms with E-state index in [4.69, 9.17) is 0 Å². The van der Waals surface area contributed by atoms with Gasteiger partial charge in [-0.15, -0.1) is 11.3 Å². The molecule has 0 amide bonds. The lowest BCUT2D eigenvalue weighted by atomic mass is 10.4. The van der Waals surface area contributed by atoms with Crippen molar-refractivity contribution in [1.82, 2.24) is 15.2 Å². The van der Waals surface area contributed by atoms with Crippen LogP contribution in [-0.4, -0.2) is 15.2 Å². The zero-order valence-corrected chi connectivity index (χ0v) is 11.3. The highest BCUT2D eigenvalue weighted by atomic mass is 79.9. The van der Waals surface area contributed by atoms with Crippen LogP contribution in [0.25, 0.3) is 10.7 Å². The van der Waals surface area contributed by atoms with Gasteiger partial charge in [0.2, 0.25) is 0 Å². The highest BCUT2D eigenvalue weighted by Gasteiger charge is 2.10. The van der Waals surface area contributed by atoms with E-state index in [1.54, 1.807) is 11.3 Å². The number of aromatic amines is 1. The number of hydrogen-bond donors (Lipinski definition) is 1. The fourth-order valence-corrected chi connectivity index (χ4v) is 2.99. The van der Waals surface area contributed by atoms with Gasteiger partial charge in [-0.1, -0.05) is 6.92 Å². The predicted molar refractivity (Wildman–Crippen MR) is 64.5 cm³/mol. The molecule has 3 nitrogen and oxygen atoms in total. The van der Waals surface area contributed by atoms with Crippen LogP contribution in [0.4, 0.5) is 0 Å². The molecule has 0 bridgehead atoms. The lowest BCUT2D eigenvalue weighted by molar-refractivity contribution is 0.946. The van der Waals surface area contributed by atoms with Crippen molar-refractivity contribution in [3.63, 3.8) is 0 Å². The maximum Gasteiger partial charge on any atom is 0.191 e. The molecule has 0 aromatic carbocycles. The molecule has 0 saturated heterocycles. The first-order valence-corrected chi connectivity index (χ1v) is 6.47. The molecule has 2 aromatic heterocycles. The Morgan fingerprint density at radius 3 is 2.79 bits per heavy atom. The first kappa shape index (κ1) is 10.3. The number of H-pyrrole nitrogens is 1. The molecule has 1 N–H and O–H groups in total. The first-order chi connectivity index (χ1) is 6.70. The second-order valence-corrected chi connectivity index (χ2v) is 5.92. The topological polar surface area (TPSA) is 41.6 Å². The number of hydrogen-bond acceptors (Lipinski definition) is 3. The average molecular weight is 337 g/mol. The summed E-state index contributed by atoms with van der Waals surface area (Å²) in [5.74, 6) is 1.68. The first-order valence-electron chi connectivity index (χ1n) is 4.07. The van der Waals surface area contributed by atoms with Crippen molar-refractivity contribution >= 4 is 43.2 Å². The number of thiophene rings is 1. The van der Waals surface area contributed by atoms with Gasteiger partial charge in [-0.3, -0.25) is 5.10 Å². The second kappa shape index (κ2) is 4.12. The maximum atomic E-state index is 4.36. The van der Waals surface area contributed by atoms with E-state index in [0.29, 0.717) is 0 Å². The molecule has 0 atom stereocenters. The summed E-state index contributed by atoms with van der Waals surface area (Å²) in [5.41, 5.74) is 0. The third-order valence-electron chi connectivity index (χ3n) is 1.73. The van der Waals surface area contributed by atoms with Gasteiger partial charge in [0.05, 0.1) is 8.66 Å². The van der Waals surface area contributed by atoms with Gasteiger partial charge in [-0.25, -0.2) is 4.98 Å². The monoisotopic (exact) mass is 335 g/mol. The minimum absolute atomic E-state index is 0.762. The maximum absolute atomic E-state index is 4.36. The van der Waals surface area contributed by atoms with Crippen LogP contribution >= 0.6 is 43.2 Å². The van der Waals surface area contributed by atoms with Crippen molar-refractivity contribution in [2.45, 2.75) is 13.3 Å². The van der Waals surface area contributed by atoms with Crippen LogP contribution in [0, 0.1) is 0 Å². The van der Waals surface area contributed by atoms with Crippen LogP contribution in [0.5, 0.6) is 0 Å². The Hall–Kier alpha value is -0.200. The summed E-state index contributed by atoms with van der Waals surface area (Å²) in [6.07, 6.45) is 0.876. The standard InChI is InChI=1S/C8H7Br2N3S/c1-2-6-11-8(13-12-6)5-3-4(9)7(10)14-5/h3H,2H2,1H3,(H,11,12,13). The van der Waals surface area contributed by atoms with E-state index in [1.165, 1.54) is 0 Å². The number of aryl methyl sites for hydroxylation is 1. The SMILES string of the molecule is CCc1nc(-c2cc(Br)c(Br)s2)n[nH]1. The Morgan fingerprint density at radius 2 is 2.29 bits per heavy atom. The van der Waals surface area contributed by atoms with E-state index in [0.717, 1.165) is 31.2 Å². The Bertz CT molecular complexity index is 430. The number of nitrogens with zero attached hydrogens (tertiary/aromatic N) is 2. The van der Waals surface area contributed by atoms with E-state index in [1.807, 2.05) is 13.0 Å². The molecule has 14 heavy (non-hydrogen) atoms. The lowest BCUT2D eigenvalue weighted by Crippen LogP contribution is -1.80. The van der Waals surface area contributed by atoms with Gasteiger partial charge in [0.1, 0.15) is 5.82 Å². The largest absolute Gasteiger partial charge is 0.263 e. The Balaban J connectivity index is 2.39. The molecule has 6 heteroatoms. The molecule has 0 fully saturated rings. The molecule has 0 aliphatic heterocycles. The summed E-state index contributed by atoms with van der Waals surface area (Å²) in [6, 6.07) is 2.01. The molecule has 0 radical (unpaired) electrons. The molecule has 0 spiro atoms. The van der Waals surface area contributed by atoms with E-state index >= 15 is 0 Å². The number of rotatable bonds is 2. The number of aromatic nitrogens is 3. The Labute approximate surface area is 102 Å². The highest BCUT2D eigenvalue weighted by Crippen LogP contribution is 2.36. The Morgan fingerprint density at radius 1 is 1.50 bits per heavy atom. The minimum atomic E-state index is 0.762. The molecule has 2 heterocycles. The zero-order valence-electron chi connectivity index (χ0n) is 7.34. The third kappa shape index (κ3) is 1.92. The van der Waals surface area contributed by atoms with Crippen LogP contribution in [0.2, 0.25) is 0 Å². The summed E-state index contributed by atoms with van der Waals surface area (Å²) in [6.45, 7) is 2.05. The zero-order chi connectivity index (χ0) is 10.1. The van der Waals surface area contributed by atoms with Gasteiger partial charge < -0.3 is 0 Å². The van der Waals surface area contributed by atoms with Gasteiger partial charge >= 0.3 is 0 Å². The molecule has 2 rings (SSSR count). The van der Waals surface area contributed by atoms with Crippen molar-refractivity contribution in [3.05, 3.63) is 20.1 Å². The van der Waals surface area contributed by atoms with E-state index in [2.05, 4.69) is 47.0 Å². The van der Waals surface area contributed by atoms with Gasteiger partial charge in [0, 0.05) is 10.9 Å². The fraction of sp³-hybridized carbons (Fsp3) is 0.250. The van der Waals surface area contributed by atoms with E-state index < -0.39 is 0 Å². The van der Waals surface area contributed by atoms with Crippen molar-refractivity contribution < 1.29 is 0 Å². The summed E-state index contributed by atoms with van der Waals surface area (Å²) in [4.78, 5) is 5.41. The summed E-state index contributed by atoms with van der Waals surface area (Å²) in [5, 5.41) is 7.04. The summed E-state index contributed by atoms with van der Waals surface area (Å²) in [7, 11) is 0. The van der Waals surface area contributed by atoms with Gasteiger partial charge in [0.15, 0.2) is 5.82 Å². The fourth-order valence-electron chi connectivity index (χ4n) is 1.02. The number of halogens is 2. The van der Waals surface area contributed by atoms with Crippen LogP contribution in [0.3, 0.4) is 0 Å². The van der Waals surface area contributed by atoms with Crippen molar-refractivity contribution in [1.29, 1.82) is 0 Å². The normalized spacial score (nSPS) is 10.8. The predicted octanol–water partition coefficient (Wildman–Crippen LogP) is 3.62. The second-order valence-electron chi connectivity index (χ2n) is 2.69. The summed E-state index contributed by atoms with van der Waals surface area (Å²) < 4.78 is 2.11. The van der Waals surface area contributed by atoms with Crippen molar-refractivity contribution in [2.75, 3.05) is 0 Å². The van der Waals surface area contributed by atoms with Crippen LogP contribution in [-0.2, 0) is 6.42 Å². The van der Waals surface area contributed by atoms with Crippen LogP contribution < -0.4 is 0 Å². The molecule has 74 valence electrons. The Kier molecular flexibility index (Phi) is 3.04. The highest BCUT2D eigenvalue weighted by molar-refractivity contribution is 9.13. The van der Waals surface area contributed by atoms with Crippen LogP contribution in [0.15, 0.2) is 14.3 Å². The lowest BCUT2D eigenvalue weighted by Gasteiger charge is -1.84. The van der Waals surface area contributed by atoms with Gasteiger partial charge in [0.25, 0.3) is 0 Å². The molecule has 0 unspecified atom stereocenters. The molecule has 0 saturated carbocycles. The molecule has 0 aliphatic carbocycles. The van der Waals surface area contributed by atoms with E-state index in [9.17, 15) is 0 Å². The molecular formula is C8H7Br2N3S. The minimum Gasteiger partial charge on any atom is -0.263 e. The van der Waals surface area contributed by atoms with Gasteiger partial charge in [-0.05, 0) is 37.9 Å². The molecular weight excluding hydrogens is 330 g/mol. The van der Waals surface area contributed by atoms with E-state index in [-0.39, 0.29) is 0 Å². The van der Waals surface area contributed by atoms with Gasteiger partial charge in [-0.2, -0.15) is 5.10 Å². The van der Waals surface area contributed by atoms with Crippen molar-refractivity contribution in [3.8, 4) is 10.7 Å². The van der Waals surface area contributed by atoms with Crippen molar-refractivity contribution in [2.24, 2.45) is 0 Å². The quantitative estimate of drug-likeness (QED) is 0.910. The average Bonchev–Trinajstić information content (AvgIpc) is 2.74. The smallest absolute Gasteiger partial charge is 0.191 e. The molecule has 2 aromatic rings. The number of nitrogens with one attached hydrogen (secondary N) is 1. The van der Waals surface area contributed by atoms with Crippen LogP contribution in [0.1, 0.15) is 12.7 Å². The summed E-state index contributed by atoms with van der Waals surface area (Å²) >= 11 is 8.49. The molecule has 0 aliphatic rings.